The van der Waals surface area contributed by atoms with Gasteiger partial charge in [0.2, 0.25) is 0 Å². The maximum absolute atomic E-state index is 9.19. The Hall–Kier alpha value is -1.70. The predicted octanol–water partition coefficient (Wildman–Crippen LogP) is -0.505. The number of hydrogen-bond acceptors (Lipinski definition) is 4. The first-order chi connectivity index (χ1) is 10.7. The molecule has 1 heterocycles. The van der Waals surface area contributed by atoms with Crippen LogP contribution in [0.3, 0.4) is 0 Å². The molecule has 0 aliphatic carbocycles. The van der Waals surface area contributed by atoms with Crippen LogP contribution in [0.1, 0.15) is 12.0 Å². The SMILES string of the molecule is Oc1ccc(/C=N/NC(=S)NCCC[NH+]2CCOCC2)cc1. The lowest BCUT2D eigenvalue weighted by atomic mass is 10.2. The summed E-state index contributed by atoms with van der Waals surface area (Å²) in [5, 5.41) is 16.9. The Morgan fingerprint density at radius 2 is 2.05 bits per heavy atom. The van der Waals surface area contributed by atoms with Gasteiger partial charge in [0.05, 0.1) is 26.0 Å². The molecule has 1 aliphatic heterocycles. The van der Waals surface area contributed by atoms with Gasteiger partial charge in [-0.1, -0.05) is 0 Å². The number of nitrogens with one attached hydrogen (secondary N) is 3. The van der Waals surface area contributed by atoms with E-state index in [9.17, 15) is 5.11 Å². The zero-order chi connectivity index (χ0) is 15.6. The molecule has 1 saturated heterocycles. The number of aromatic hydroxyl groups is 1. The van der Waals surface area contributed by atoms with E-state index in [-0.39, 0.29) is 5.75 Å². The number of hydrogen-bond donors (Lipinski definition) is 4. The second kappa shape index (κ2) is 9.34. The number of phenolic OH excluding ortho intramolecular Hbond substituents is 1. The summed E-state index contributed by atoms with van der Waals surface area (Å²) < 4.78 is 5.33. The first-order valence-corrected chi connectivity index (χ1v) is 7.92. The summed E-state index contributed by atoms with van der Waals surface area (Å²) in [7, 11) is 0. The number of quaternary nitrogens is 1. The second-order valence-corrected chi connectivity index (χ2v) is 5.59. The average molecular weight is 323 g/mol. The van der Waals surface area contributed by atoms with Crippen LogP contribution in [0.4, 0.5) is 0 Å². The summed E-state index contributed by atoms with van der Waals surface area (Å²) in [4.78, 5) is 1.59. The second-order valence-electron chi connectivity index (χ2n) is 5.18. The van der Waals surface area contributed by atoms with E-state index in [0.717, 1.165) is 51.4 Å². The monoisotopic (exact) mass is 323 g/mol. The summed E-state index contributed by atoms with van der Waals surface area (Å²) in [5.74, 6) is 0.240. The van der Waals surface area contributed by atoms with Gasteiger partial charge >= 0.3 is 0 Å². The van der Waals surface area contributed by atoms with Gasteiger partial charge in [0.25, 0.3) is 0 Å². The molecule has 0 radical (unpaired) electrons. The van der Waals surface area contributed by atoms with E-state index in [1.165, 1.54) is 0 Å². The zero-order valence-electron chi connectivity index (χ0n) is 12.5. The van der Waals surface area contributed by atoms with Crippen molar-refractivity contribution in [2.45, 2.75) is 6.42 Å². The highest BCUT2D eigenvalue weighted by atomic mass is 32.1. The molecule has 120 valence electrons. The molecule has 0 aromatic heterocycles. The van der Waals surface area contributed by atoms with E-state index in [0.29, 0.717) is 5.11 Å². The topological polar surface area (TPSA) is 70.3 Å². The fourth-order valence-electron chi connectivity index (χ4n) is 2.22. The van der Waals surface area contributed by atoms with E-state index >= 15 is 0 Å². The Kier molecular flexibility index (Phi) is 7.08. The third-order valence-electron chi connectivity index (χ3n) is 3.47. The number of morpholine rings is 1. The number of thiocarbonyl (C=S) groups is 1. The highest BCUT2D eigenvalue weighted by molar-refractivity contribution is 7.80. The van der Waals surface area contributed by atoms with Gasteiger partial charge in [-0.25, -0.2) is 0 Å². The number of hydrazone groups is 1. The van der Waals surface area contributed by atoms with E-state index < -0.39 is 0 Å². The van der Waals surface area contributed by atoms with Crippen LogP contribution in [0.2, 0.25) is 0 Å². The van der Waals surface area contributed by atoms with Crippen LogP contribution < -0.4 is 15.6 Å². The van der Waals surface area contributed by atoms with Crippen molar-refractivity contribution in [3.8, 4) is 5.75 Å². The molecule has 22 heavy (non-hydrogen) atoms. The van der Waals surface area contributed by atoms with Crippen molar-refractivity contribution in [2.75, 3.05) is 39.4 Å². The quantitative estimate of drug-likeness (QED) is 0.246. The third kappa shape index (κ3) is 6.38. The van der Waals surface area contributed by atoms with Gasteiger partial charge in [0.1, 0.15) is 18.8 Å². The molecule has 1 aliphatic rings. The lowest BCUT2D eigenvalue weighted by molar-refractivity contribution is -0.908. The number of rotatable bonds is 6. The lowest BCUT2D eigenvalue weighted by Crippen LogP contribution is -3.14. The first-order valence-electron chi connectivity index (χ1n) is 7.51. The summed E-state index contributed by atoms with van der Waals surface area (Å²) in [6.07, 6.45) is 2.73. The Morgan fingerprint density at radius 3 is 2.77 bits per heavy atom. The largest absolute Gasteiger partial charge is 0.508 e. The van der Waals surface area contributed by atoms with Gasteiger partial charge in [0, 0.05) is 13.0 Å². The number of phenols is 1. The maximum atomic E-state index is 9.19. The zero-order valence-corrected chi connectivity index (χ0v) is 13.4. The molecular formula is C15H23N4O2S+. The Bertz CT molecular complexity index is 487. The molecule has 1 fully saturated rings. The number of nitrogens with zero attached hydrogens (tertiary/aromatic N) is 1. The molecule has 1 aromatic carbocycles. The normalized spacial score (nSPS) is 15.8. The van der Waals surface area contributed by atoms with E-state index in [4.69, 9.17) is 17.0 Å². The smallest absolute Gasteiger partial charge is 0.186 e. The van der Waals surface area contributed by atoms with Crippen LogP contribution in [0.5, 0.6) is 5.75 Å². The summed E-state index contributed by atoms with van der Waals surface area (Å²) in [6.45, 7) is 5.91. The van der Waals surface area contributed by atoms with Crippen molar-refractivity contribution in [3.63, 3.8) is 0 Å². The summed E-state index contributed by atoms with van der Waals surface area (Å²) in [6, 6.07) is 6.79. The van der Waals surface area contributed by atoms with Crippen LogP contribution in [0, 0.1) is 0 Å². The van der Waals surface area contributed by atoms with Crippen LogP contribution >= 0.6 is 12.2 Å². The molecule has 0 bridgehead atoms. The van der Waals surface area contributed by atoms with Crippen molar-refractivity contribution >= 4 is 23.5 Å². The molecular weight excluding hydrogens is 300 g/mol. The van der Waals surface area contributed by atoms with Crippen LogP contribution in [-0.2, 0) is 4.74 Å². The van der Waals surface area contributed by atoms with Gasteiger partial charge < -0.3 is 20.1 Å². The van der Waals surface area contributed by atoms with Gasteiger partial charge in [0.15, 0.2) is 5.11 Å². The Balaban J connectivity index is 1.56. The van der Waals surface area contributed by atoms with E-state index in [1.807, 2.05) is 0 Å². The minimum absolute atomic E-state index is 0.240. The van der Waals surface area contributed by atoms with Crippen molar-refractivity contribution in [1.29, 1.82) is 0 Å². The number of benzene rings is 1. The minimum Gasteiger partial charge on any atom is -0.508 e. The molecule has 7 heteroatoms. The fourth-order valence-corrected chi connectivity index (χ4v) is 2.37. The van der Waals surface area contributed by atoms with Crippen molar-refractivity contribution in [2.24, 2.45) is 5.10 Å². The van der Waals surface area contributed by atoms with Crippen LogP contribution in [0.25, 0.3) is 0 Å². The molecule has 4 N–H and O–H groups in total. The van der Waals surface area contributed by atoms with Gasteiger partial charge in [-0.05, 0) is 42.0 Å². The third-order valence-corrected chi connectivity index (χ3v) is 3.70. The highest BCUT2D eigenvalue weighted by Crippen LogP contribution is 2.07. The number of ether oxygens (including phenoxy) is 1. The van der Waals surface area contributed by atoms with Crippen molar-refractivity contribution < 1.29 is 14.7 Å². The van der Waals surface area contributed by atoms with Crippen LogP contribution in [0.15, 0.2) is 29.4 Å². The molecule has 2 rings (SSSR count). The van der Waals surface area contributed by atoms with E-state index in [2.05, 4.69) is 15.8 Å². The van der Waals surface area contributed by atoms with Gasteiger partial charge in [-0.2, -0.15) is 5.10 Å². The fraction of sp³-hybridized carbons (Fsp3) is 0.467. The first kappa shape index (κ1) is 16.7. The molecule has 0 unspecified atom stereocenters. The maximum Gasteiger partial charge on any atom is 0.186 e. The molecule has 0 saturated carbocycles. The van der Waals surface area contributed by atoms with Gasteiger partial charge in [-0.3, -0.25) is 5.43 Å². The molecule has 0 spiro atoms. The predicted molar refractivity (Wildman–Crippen MR) is 90.4 cm³/mol. The van der Waals surface area contributed by atoms with E-state index in [1.54, 1.807) is 35.4 Å². The van der Waals surface area contributed by atoms with Crippen molar-refractivity contribution in [3.05, 3.63) is 29.8 Å². The highest BCUT2D eigenvalue weighted by Gasteiger charge is 2.12. The Morgan fingerprint density at radius 1 is 1.32 bits per heavy atom. The summed E-state index contributed by atoms with van der Waals surface area (Å²) in [5.41, 5.74) is 3.68. The molecule has 0 atom stereocenters. The van der Waals surface area contributed by atoms with Crippen molar-refractivity contribution in [1.82, 2.24) is 10.7 Å². The molecule has 1 aromatic rings. The average Bonchev–Trinajstić information content (AvgIpc) is 2.54. The Labute approximate surface area is 136 Å². The minimum atomic E-state index is 0.240. The summed E-state index contributed by atoms with van der Waals surface area (Å²) >= 11 is 5.16. The van der Waals surface area contributed by atoms with Gasteiger partial charge in [-0.15, -0.1) is 0 Å². The standard InChI is InChI=1S/C15H22N4O2S/c20-14-4-2-13(3-5-14)12-17-18-15(22)16-6-1-7-19-8-10-21-11-9-19/h2-5,12,20H,1,6-11H2,(H2,16,18,22)/p+1/b17-12+. The lowest BCUT2D eigenvalue weighted by Gasteiger charge is -2.23. The molecule has 0 amide bonds. The van der Waals surface area contributed by atoms with Crippen LogP contribution in [-0.4, -0.2) is 55.8 Å². The molecule has 6 nitrogen and oxygen atoms in total.